The number of thiol groups is 1. The Morgan fingerprint density at radius 3 is 2.93 bits per heavy atom. The third kappa shape index (κ3) is 4.17. The summed E-state index contributed by atoms with van der Waals surface area (Å²) >= 11 is 4.18. The monoisotopic (exact) mass is 219 g/mol. The maximum absolute atomic E-state index is 9.13. The maximum atomic E-state index is 9.13. The van der Waals surface area contributed by atoms with Crippen LogP contribution in [0.2, 0.25) is 0 Å². The highest BCUT2D eigenvalue weighted by Gasteiger charge is 2.21. The molecule has 14 heavy (non-hydrogen) atoms. The SMILES string of the molecule is OCC1COCCN1CCCCCS. The lowest BCUT2D eigenvalue weighted by atomic mass is 10.2. The van der Waals surface area contributed by atoms with E-state index in [2.05, 4.69) is 17.5 Å². The van der Waals surface area contributed by atoms with Crippen molar-refractivity contribution in [2.75, 3.05) is 38.7 Å². The molecular weight excluding hydrogens is 198 g/mol. The minimum Gasteiger partial charge on any atom is -0.395 e. The molecule has 1 aliphatic heterocycles. The van der Waals surface area contributed by atoms with Gasteiger partial charge < -0.3 is 9.84 Å². The lowest BCUT2D eigenvalue weighted by molar-refractivity contribution is -0.0278. The number of morpholine rings is 1. The number of unbranched alkanes of at least 4 members (excludes halogenated alkanes) is 2. The van der Waals surface area contributed by atoms with Gasteiger partial charge in [0.25, 0.3) is 0 Å². The summed E-state index contributed by atoms with van der Waals surface area (Å²) in [6.45, 7) is 3.76. The van der Waals surface area contributed by atoms with E-state index in [1.165, 1.54) is 19.3 Å². The first kappa shape index (κ1) is 12.3. The Morgan fingerprint density at radius 1 is 1.36 bits per heavy atom. The zero-order valence-electron chi connectivity index (χ0n) is 8.69. The summed E-state index contributed by atoms with van der Waals surface area (Å²) in [6, 6.07) is 0.222. The second-order valence-electron chi connectivity index (χ2n) is 3.73. The number of hydrogen-bond donors (Lipinski definition) is 2. The Morgan fingerprint density at radius 2 is 2.21 bits per heavy atom. The van der Waals surface area contributed by atoms with Gasteiger partial charge in [-0.1, -0.05) is 6.42 Å². The molecule has 0 aromatic heterocycles. The number of hydrogen-bond acceptors (Lipinski definition) is 4. The molecule has 84 valence electrons. The molecule has 1 aliphatic rings. The van der Waals surface area contributed by atoms with Crippen molar-refractivity contribution in [3.63, 3.8) is 0 Å². The summed E-state index contributed by atoms with van der Waals surface area (Å²) in [5.74, 6) is 0.979. The van der Waals surface area contributed by atoms with Gasteiger partial charge in [0.1, 0.15) is 0 Å². The van der Waals surface area contributed by atoms with Crippen LogP contribution in [0.15, 0.2) is 0 Å². The molecule has 1 N–H and O–H groups in total. The fraction of sp³-hybridized carbons (Fsp3) is 1.00. The summed E-state index contributed by atoms with van der Waals surface area (Å²) in [5, 5.41) is 9.13. The smallest absolute Gasteiger partial charge is 0.0644 e. The maximum Gasteiger partial charge on any atom is 0.0644 e. The Bertz CT molecular complexity index is 146. The third-order valence-corrected chi connectivity index (χ3v) is 2.98. The number of aliphatic hydroxyl groups is 1. The van der Waals surface area contributed by atoms with E-state index in [4.69, 9.17) is 9.84 Å². The Balaban J connectivity index is 2.13. The van der Waals surface area contributed by atoms with Gasteiger partial charge in [-0.2, -0.15) is 12.6 Å². The molecule has 0 saturated carbocycles. The van der Waals surface area contributed by atoms with Gasteiger partial charge in [0.05, 0.1) is 25.9 Å². The predicted molar refractivity (Wildman–Crippen MR) is 61.0 cm³/mol. The van der Waals surface area contributed by atoms with E-state index in [0.29, 0.717) is 6.61 Å². The molecule has 0 bridgehead atoms. The van der Waals surface area contributed by atoms with Crippen molar-refractivity contribution < 1.29 is 9.84 Å². The molecule has 0 spiro atoms. The van der Waals surface area contributed by atoms with Crippen molar-refractivity contribution in [3.05, 3.63) is 0 Å². The first-order valence-corrected chi connectivity index (χ1v) is 6.05. The van der Waals surface area contributed by atoms with Crippen LogP contribution in [0.25, 0.3) is 0 Å². The Labute approximate surface area is 91.8 Å². The summed E-state index contributed by atoms with van der Waals surface area (Å²) in [7, 11) is 0. The minimum atomic E-state index is 0.215. The van der Waals surface area contributed by atoms with E-state index < -0.39 is 0 Å². The topological polar surface area (TPSA) is 32.7 Å². The summed E-state index contributed by atoms with van der Waals surface area (Å²) in [5.41, 5.74) is 0. The molecule has 0 aromatic carbocycles. The van der Waals surface area contributed by atoms with Crippen LogP contribution in [-0.4, -0.2) is 54.7 Å². The molecule has 1 atom stereocenters. The van der Waals surface area contributed by atoms with Gasteiger partial charge in [0.2, 0.25) is 0 Å². The van der Waals surface area contributed by atoms with Crippen molar-refractivity contribution in [2.45, 2.75) is 25.3 Å². The second kappa shape index (κ2) is 7.51. The van der Waals surface area contributed by atoms with Crippen molar-refractivity contribution in [2.24, 2.45) is 0 Å². The lowest BCUT2D eigenvalue weighted by Crippen LogP contribution is -2.47. The van der Waals surface area contributed by atoms with E-state index in [-0.39, 0.29) is 12.6 Å². The molecule has 0 aliphatic carbocycles. The standard InChI is InChI=1S/C10H21NO2S/c12-8-10-9-13-6-5-11(10)4-2-1-3-7-14/h10,12,14H,1-9H2. The van der Waals surface area contributed by atoms with Crippen LogP contribution in [0.3, 0.4) is 0 Å². The predicted octanol–water partition coefficient (Wildman–Crippen LogP) is 0.780. The molecule has 1 unspecified atom stereocenters. The lowest BCUT2D eigenvalue weighted by Gasteiger charge is -2.34. The van der Waals surface area contributed by atoms with Gasteiger partial charge >= 0.3 is 0 Å². The summed E-state index contributed by atoms with van der Waals surface area (Å²) in [6.07, 6.45) is 3.63. The molecule has 0 amide bonds. The Kier molecular flexibility index (Phi) is 6.60. The Hall–Kier alpha value is 0.230. The highest BCUT2D eigenvalue weighted by molar-refractivity contribution is 7.80. The number of ether oxygens (including phenoxy) is 1. The van der Waals surface area contributed by atoms with Crippen molar-refractivity contribution in [1.29, 1.82) is 0 Å². The number of nitrogens with zero attached hydrogens (tertiary/aromatic N) is 1. The molecule has 1 saturated heterocycles. The van der Waals surface area contributed by atoms with Gasteiger partial charge in [-0.15, -0.1) is 0 Å². The largest absolute Gasteiger partial charge is 0.395 e. The molecule has 1 rings (SSSR count). The molecule has 4 heteroatoms. The van der Waals surface area contributed by atoms with Crippen LogP contribution in [0.1, 0.15) is 19.3 Å². The minimum absolute atomic E-state index is 0.215. The van der Waals surface area contributed by atoms with Crippen molar-refractivity contribution in [3.8, 4) is 0 Å². The number of rotatable bonds is 6. The van der Waals surface area contributed by atoms with Gasteiger partial charge in [-0.3, -0.25) is 4.90 Å². The average molecular weight is 219 g/mol. The van der Waals surface area contributed by atoms with Crippen molar-refractivity contribution >= 4 is 12.6 Å². The van der Waals surface area contributed by atoms with Crippen LogP contribution < -0.4 is 0 Å². The highest BCUT2D eigenvalue weighted by Crippen LogP contribution is 2.08. The fourth-order valence-electron chi connectivity index (χ4n) is 1.76. The van der Waals surface area contributed by atoms with Crippen LogP contribution in [0.4, 0.5) is 0 Å². The van der Waals surface area contributed by atoms with Crippen molar-refractivity contribution in [1.82, 2.24) is 4.90 Å². The molecule has 1 heterocycles. The molecule has 0 radical (unpaired) electrons. The zero-order valence-corrected chi connectivity index (χ0v) is 9.59. The van der Waals surface area contributed by atoms with E-state index in [0.717, 1.165) is 25.4 Å². The quantitative estimate of drug-likeness (QED) is 0.511. The molecule has 0 aromatic rings. The van der Waals surface area contributed by atoms with Crippen LogP contribution in [-0.2, 0) is 4.74 Å². The first-order chi connectivity index (χ1) is 6.88. The van der Waals surface area contributed by atoms with Gasteiger partial charge in [0.15, 0.2) is 0 Å². The van der Waals surface area contributed by atoms with E-state index in [9.17, 15) is 0 Å². The van der Waals surface area contributed by atoms with E-state index in [1.54, 1.807) is 0 Å². The third-order valence-electron chi connectivity index (χ3n) is 2.66. The second-order valence-corrected chi connectivity index (χ2v) is 4.18. The first-order valence-electron chi connectivity index (χ1n) is 5.42. The van der Waals surface area contributed by atoms with Crippen LogP contribution >= 0.6 is 12.6 Å². The van der Waals surface area contributed by atoms with Gasteiger partial charge in [-0.25, -0.2) is 0 Å². The highest BCUT2D eigenvalue weighted by atomic mass is 32.1. The number of aliphatic hydroxyl groups excluding tert-OH is 1. The van der Waals surface area contributed by atoms with Crippen LogP contribution in [0.5, 0.6) is 0 Å². The van der Waals surface area contributed by atoms with E-state index in [1.807, 2.05) is 0 Å². The van der Waals surface area contributed by atoms with Crippen LogP contribution in [0, 0.1) is 0 Å². The zero-order chi connectivity index (χ0) is 10.2. The van der Waals surface area contributed by atoms with Gasteiger partial charge in [-0.05, 0) is 25.1 Å². The average Bonchev–Trinajstić information content (AvgIpc) is 2.25. The normalized spacial score (nSPS) is 24.0. The van der Waals surface area contributed by atoms with Gasteiger partial charge in [0, 0.05) is 6.54 Å². The molecule has 1 fully saturated rings. The summed E-state index contributed by atoms with van der Waals surface area (Å²) < 4.78 is 5.32. The molecular formula is C10H21NO2S. The van der Waals surface area contributed by atoms with E-state index >= 15 is 0 Å². The fourth-order valence-corrected chi connectivity index (χ4v) is 1.98. The molecule has 3 nitrogen and oxygen atoms in total. The summed E-state index contributed by atoms with van der Waals surface area (Å²) in [4.78, 5) is 2.34.